The van der Waals surface area contributed by atoms with Crippen molar-refractivity contribution < 1.29 is 14.3 Å². The van der Waals surface area contributed by atoms with Crippen molar-refractivity contribution in [3.63, 3.8) is 0 Å². The van der Waals surface area contributed by atoms with Crippen LogP contribution in [-0.2, 0) is 9.53 Å². The minimum Gasteiger partial charge on any atom is -0.469 e. The number of nitrogens with one attached hydrogen (secondary N) is 1. The summed E-state index contributed by atoms with van der Waals surface area (Å²) in [5.41, 5.74) is 0.395. The van der Waals surface area contributed by atoms with Gasteiger partial charge in [-0.1, -0.05) is 11.3 Å². The quantitative estimate of drug-likeness (QED) is 0.849. The van der Waals surface area contributed by atoms with Gasteiger partial charge < -0.3 is 14.6 Å². The second kappa shape index (κ2) is 6.21. The first kappa shape index (κ1) is 14.8. The number of carbonyl (C=O) groups excluding carboxylic acids is 2. The fraction of sp³-hybridized carbons (Fsp3) is 0.615. The number of aryl methyl sites for hydroxylation is 1. The number of piperidine rings is 1. The zero-order valence-corrected chi connectivity index (χ0v) is 12.4. The molecule has 1 aliphatic heterocycles. The normalized spacial score (nSPS) is 16.2. The number of thiazole rings is 1. The number of aromatic amines is 1. The Morgan fingerprint density at radius 2 is 2.05 bits per heavy atom. The molecule has 0 radical (unpaired) electrons. The lowest BCUT2D eigenvalue weighted by molar-refractivity contribution is -0.142. The van der Waals surface area contributed by atoms with Crippen molar-refractivity contribution in [2.75, 3.05) is 20.2 Å². The molecule has 6 nitrogen and oxygen atoms in total. The number of likely N-dealkylation sites (tertiary alicyclic amines) is 1. The molecule has 20 heavy (non-hydrogen) atoms. The molecule has 1 aromatic rings. The molecule has 0 atom stereocenters. The van der Waals surface area contributed by atoms with E-state index in [2.05, 4.69) is 9.72 Å². The van der Waals surface area contributed by atoms with E-state index in [1.54, 1.807) is 11.8 Å². The summed E-state index contributed by atoms with van der Waals surface area (Å²) in [5.74, 6) is -0.0562. The Balaban J connectivity index is 1.94. The summed E-state index contributed by atoms with van der Waals surface area (Å²) in [7, 11) is 1.39. The summed E-state index contributed by atoms with van der Waals surface area (Å²) in [6.07, 6.45) is 1.98. The summed E-state index contributed by atoms with van der Waals surface area (Å²) >= 11 is 1.05. The van der Waals surface area contributed by atoms with E-state index in [0.29, 0.717) is 25.2 Å². The third-order valence-corrected chi connectivity index (χ3v) is 4.42. The molecular weight excluding hydrogens is 280 g/mol. The molecule has 1 aromatic heterocycles. The van der Waals surface area contributed by atoms with E-state index in [9.17, 15) is 14.4 Å². The molecule has 2 heterocycles. The molecular formula is C13H18N2O4S. The number of carbonyl (C=O) groups is 2. The van der Waals surface area contributed by atoms with Crippen LogP contribution >= 0.6 is 11.3 Å². The SMILES string of the molecule is COC(=O)CC1CCN(C(=O)c2[nH]c(=O)sc2C)CC1. The van der Waals surface area contributed by atoms with E-state index in [4.69, 9.17) is 0 Å². The Morgan fingerprint density at radius 1 is 1.40 bits per heavy atom. The lowest BCUT2D eigenvalue weighted by Crippen LogP contribution is -2.39. The number of hydrogen-bond donors (Lipinski definition) is 1. The molecule has 0 aromatic carbocycles. The van der Waals surface area contributed by atoms with Crippen molar-refractivity contribution in [2.24, 2.45) is 5.92 Å². The van der Waals surface area contributed by atoms with Crippen molar-refractivity contribution in [1.29, 1.82) is 0 Å². The van der Waals surface area contributed by atoms with E-state index in [-0.39, 0.29) is 22.7 Å². The van der Waals surface area contributed by atoms with Crippen LogP contribution in [0.15, 0.2) is 4.79 Å². The molecule has 1 N–H and O–H groups in total. The van der Waals surface area contributed by atoms with Gasteiger partial charge in [-0.25, -0.2) is 0 Å². The molecule has 1 saturated heterocycles. The van der Waals surface area contributed by atoms with Gasteiger partial charge in [-0.05, 0) is 25.7 Å². The maximum atomic E-state index is 12.3. The Morgan fingerprint density at radius 3 is 2.55 bits per heavy atom. The standard InChI is InChI=1S/C13H18N2O4S/c1-8-11(14-13(18)20-8)12(17)15-5-3-9(4-6-15)7-10(16)19-2/h9H,3-7H2,1-2H3,(H,14,18). The van der Waals surface area contributed by atoms with Gasteiger partial charge >= 0.3 is 10.8 Å². The number of aromatic nitrogens is 1. The van der Waals surface area contributed by atoms with Crippen LogP contribution in [0.4, 0.5) is 0 Å². The van der Waals surface area contributed by atoms with Crippen LogP contribution in [0.2, 0.25) is 0 Å². The summed E-state index contributed by atoms with van der Waals surface area (Å²) in [5, 5.41) is 0. The van der Waals surface area contributed by atoms with Crippen LogP contribution in [0.1, 0.15) is 34.6 Å². The van der Waals surface area contributed by atoms with E-state index in [0.717, 1.165) is 29.1 Å². The maximum Gasteiger partial charge on any atom is 0.305 e. The Bertz CT molecular complexity index is 555. The number of methoxy groups -OCH3 is 1. The van der Waals surface area contributed by atoms with Crippen LogP contribution in [0, 0.1) is 12.8 Å². The van der Waals surface area contributed by atoms with Gasteiger partial charge in [0.2, 0.25) is 0 Å². The highest BCUT2D eigenvalue weighted by Gasteiger charge is 2.27. The van der Waals surface area contributed by atoms with Crippen LogP contribution in [0.25, 0.3) is 0 Å². The lowest BCUT2D eigenvalue weighted by Gasteiger charge is -2.31. The zero-order valence-electron chi connectivity index (χ0n) is 11.6. The van der Waals surface area contributed by atoms with Crippen molar-refractivity contribution in [2.45, 2.75) is 26.2 Å². The number of esters is 1. The predicted molar refractivity (Wildman–Crippen MR) is 74.9 cm³/mol. The van der Waals surface area contributed by atoms with Crippen LogP contribution in [0.3, 0.4) is 0 Å². The second-order valence-corrected chi connectivity index (χ2v) is 6.15. The molecule has 0 bridgehead atoms. The van der Waals surface area contributed by atoms with E-state index < -0.39 is 0 Å². The van der Waals surface area contributed by atoms with Crippen molar-refractivity contribution >= 4 is 23.2 Å². The lowest BCUT2D eigenvalue weighted by atomic mass is 9.93. The number of nitrogens with zero attached hydrogens (tertiary/aromatic N) is 1. The van der Waals surface area contributed by atoms with Gasteiger partial charge in [-0.3, -0.25) is 14.4 Å². The molecule has 0 aliphatic carbocycles. The highest BCUT2D eigenvalue weighted by molar-refractivity contribution is 7.09. The summed E-state index contributed by atoms with van der Waals surface area (Å²) in [6, 6.07) is 0. The van der Waals surface area contributed by atoms with Gasteiger partial charge in [0.15, 0.2) is 0 Å². The largest absolute Gasteiger partial charge is 0.469 e. The fourth-order valence-electron chi connectivity index (χ4n) is 2.43. The Labute approximate surface area is 120 Å². The Hall–Kier alpha value is -1.63. The fourth-order valence-corrected chi connectivity index (χ4v) is 3.10. The number of hydrogen-bond acceptors (Lipinski definition) is 5. The minimum absolute atomic E-state index is 0.127. The van der Waals surface area contributed by atoms with Gasteiger partial charge in [0.1, 0.15) is 5.69 Å². The van der Waals surface area contributed by atoms with Crippen LogP contribution in [-0.4, -0.2) is 42.0 Å². The molecule has 0 spiro atoms. The molecule has 110 valence electrons. The number of H-pyrrole nitrogens is 1. The molecule has 7 heteroatoms. The number of amides is 1. The third kappa shape index (κ3) is 3.27. The first-order valence-electron chi connectivity index (χ1n) is 6.57. The molecule has 2 rings (SSSR count). The van der Waals surface area contributed by atoms with Crippen LogP contribution in [0.5, 0.6) is 0 Å². The van der Waals surface area contributed by atoms with E-state index in [1.165, 1.54) is 7.11 Å². The Kier molecular flexibility index (Phi) is 4.59. The number of rotatable bonds is 3. The summed E-state index contributed by atoms with van der Waals surface area (Å²) < 4.78 is 4.66. The van der Waals surface area contributed by atoms with Gasteiger partial charge in [-0.15, -0.1) is 0 Å². The minimum atomic E-state index is -0.202. The second-order valence-electron chi connectivity index (χ2n) is 4.96. The average Bonchev–Trinajstić information content (AvgIpc) is 2.77. The van der Waals surface area contributed by atoms with E-state index in [1.807, 2.05) is 0 Å². The first-order valence-corrected chi connectivity index (χ1v) is 7.38. The average molecular weight is 298 g/mol. The molecule has 0 saturated carbocycles. The first-order chi connectivity index (χ1) is 9.51. The van der Waals surface area contributed by atoms with Crippen molar-refractivity contribution in [3.8, 4) is 0 Å². The van der Waals surface area contributed by atoms with Gasteiger partial charge in [0.25, 0.3) is 5.91 Å². The third-order valence-electron chi connectivity index (χ3n) is 3.62. The smallest absolute Gasteiger partial charge is 0.305 e. The monoisotopic (exact) mass is 298 g/mol. The zero-order chi connectivity index (χ0) is 14.7. The molecule has 1 fully saturated rings. The molecule has 0 unspecified atom stereocenters. The van der Waals surface area contributed by atoms with Gasteiger partial charge in [0, 0.05) is 24.4 Å². The predicted octanol–water partition coefficient (Wildman–Crippen LogP) is 1.16. The van der Waals surface area contributed by atoms with Gasteiger partial charge in [0.05, 0.1) is 7.11 Å². The van der Waals surface area contributed by atoms with Crippen molar-refractivity contribution in [1.82, 2.24) is 9.88 Å². The number of ether oxygens (including phenoxy) is 1. The summed E-state index contributed by atoms with van der Waals surface area (Å²) in [4.78, 5) is 39.6. The molecule has 1 aliphatic rings. The van der Waals surface area contributed by atoms with Crippen LogP contribution < -0.4 is 4.87 Å². The maximum absolute atomic E-state index is 12.3. The van der Waals surface area contributed by atoms with E-state index >= 15 is 0 Å². The molecule has 1 amide bonds. The highest BCUT2D eigenvalue weighted by Crippen LogP contribution is 2.22. The topological polar surface area (TPSA) is 79.5 Å². The van der Waals surface area contributed by atoms with Gasteiger partial charge in [-0.2, -0.15) is 0 Å². The van der Waals surface area contributed by atoms with Crippen molar-refractivity contribution in [3.05, 3.63) is 20.2 Å². The highest BCUT2D eigenvalue weighted by atomic mass is 32.1. The summed E-state index contributed by atoms with van der Waals surface area (Å²) in [6.45, 7) is 2.98.